The molecule has 0 radical (unpaired) electrons. The van der Waals surface area contributed by atoms with Crippen molar-refractivity contribution >= 4 is 50.8 Å². The van der Waals surface area contributed by atoms with E-state index in [9.17, 15) is 0 Å². The number of halogens is 1. The first-order valence-corrected chi connectivity index (χ1v) is 9.83. The van der Waals surface area contributed by atoms with Gasteiger partial charge in [0, 0.05) is 10.2 Å². The van der Waals surface area contributed by atoms with Gasteiger partial charge in [0.15, 0.2) is 11.6 Å². The molecule has 0 aliphatic carbocycles. The third kappa shape index (κ3) is 4.40. The van der Waals surface area contributed by atoms with Crippen LogP contribution in [0.4, 0.5) is 17.3 Å². The first-order valence-electron chi connectivity index (χ1n) is 9.04. The second kappa shape index (κ2) is 8.36. The Balaban J connectivity index is 1.59. The van der Waals surface area contributed by atoms with Gasteiger partial charge in [-0.2, -0.15) is 10.1 Å². The van der Waals surface area contributed by atoms with E-state index in [4.69, 9.17) is 4.63 Å². The highest BCUT2D eigenvalue weighted by Crippen LogP contribution is 2.24. The van der Waals surface area contributed by atoms with Gasteiger partial charge < -0.3 is 5.32 Å². The Labute approximate surface area is 175 Å². The number of rotatable bonds is 6. The van der Waals surface area contributed by atoms with E-state index in [1.807, 2.05) is 43.3 Å². The summed E-state index contributed by atoms with van der Waals surface area (Å²) in [6, 6.07) is 14.0. The zero-order valence-corrected chi connectivity index (χ0v) is 17.4. The maximum absolute atomic E-state index is 4.73. The Morgan fingerprint density at radius 1 is 1.03 bits per heavy atom. The maximum Gasteiger partial charge on any atom is 0.245 e. The number of aromatic nitrogens is 4. The number of benzene rings is 2. The second-order valence-corrected chi connectivity index (χ2v) is 7.25. The molecule has 0 amide bonds. The van der Waals surface area contributed by atoms with Crippen molar-refractivity contribution in [2.75, 3.05) is 10.7 Å². The Hall–Kier alpha value is -3.33. The molecule has 0 aliphatic rings. The Morgan fingerprint density at radius 3 is 2.45 bits per heavy atom. The van der Waals surface area contributed by atoms with Crippen molar-refractivity contribution in [1.82, 2.24) is 20.3 Å². The summed E-state index contributed by atoms with van der Waals surface area (Å²) in [5.74, 6) is 0.881. The molecule has 0 spiro atoms. The molecule has 2 aromatic carbocycles. The number of nitrogens with one attached hydrogen (secondary N) is 2. The molecule has 0 saturated heterocycles. The van der Waals surface area contributed by atoms with E-state index in [0.29, 0.717) is 22.9 Å². The topological polar surface area (TPSA) is 101 Å². The van der Waals surface area contributed by atoms with E-state index in [-0.39, 0.29) is 0 Å². The van der Waals surface area contributed by atoms with Gasteiger partial charge in [0.25, 0.3) is 0 Å². The van der Waals surface area contributed by atoms with Crippen LogP contribution in [0.25, 0.3) is 11.3 Å². The van der Waals surface area contributed by atoms with Crippen molar-refractivity contribution in [1.29, 1.82) is 0 Å². The fourth-order valence-corrected chi connectivity index (χ4v) is 3.35. The number of hydrazone groups is 1. The van der Waals surface area contributed by atoms with Crippen LogP contribution in [0.15, 0.2) is 56.7 Å². The minimum atomic E-state index is 0.298. The highest BCUT2D eigenvalue weighted by atomic mass is 79.9. The van der Waals surface area contributed by atoms with Crippen LogP contribution in [0.2, 0.25) is 0 Å². The van der Waals surface area contributed by atoms with Gasteiger partial charge in [-0.1, -0.05) is 52.7 Å². The SMILES string of the molecule is CCc1ccc(/C=N/Nc2nc3nonc3nc2Nc2ccc(C)cc2)cc1Br. The van der Waals surface area contributed by atoms with Gasteiger partial charge in [0.2, 0.25) is 11.3 Å². The summed E-state index contributed by atoms with van der Waals surface area (Å²) in [6.07, 6.45) is 2.68. The molecule has 0 fully saturated rings. The summed E-state index contributed by atoms with van der Waals surface area (Å²) in [6.45, 7) is 4.15. The molecule has 29 heavy (non-hydrogen) atoms. The molecule has 4 aromatic rings. The zero-order chi connectivity index (χ0) is 20.2. The molecule has 2 N–H and O–H groups in total. The lowest BCUT2D eigenvalue weighted by molar-refractivity contribution is 0.314. The van der Waals surface area contributed by atoms with Crippen LogP contribution in [0.5, 0.6) is 0 Å². The van der Waals surface area contributed by atoms with Gasteiger partial charge in [0.05, 0.1) is 6.21 Å². The normalized spacial score (nSPS) is 11.3. The standard InChI is InChI=1S/C20H18BrN7O/c1-3-14-7-6-13(10-16(14)21)11-22-26-18-17(23-15-8-4-12(2)5-9-15)24-19-20(25-18)28-29-27-19/h4-11H,3H2,1-2H3,(H,23,24,27)(H,25,26,28)/b22-11+. The van der Waals surface area contributed by atoms with E-state index < -0.39 is 0 Å². The first kappa shape index (κ1) is 19.0. The summed E-state index contributed by atoms with van der Waals surface area (Å²) in [7, 11) is 0. The fraction of sp³-hybridized carbons (Fsp3) is 0.150. The number of hydrogen-bond acceptors (Lipinski definition) is 8. The van der Waals surface area contributed by atoms with E-state index >= 15 is 0 Å². The highest BCUT2D eigenvalue weighted by molar-refractivity contribution is 9.10. The molecule has 2 aromatic heterocycles. The lowest BCUT2D eigenvalue weighted by Crippen LogP contribution is -2.03. The van der Waals surface area contributed by atoms with Gasteiger partial charge in [-0.25, -0.2) is 9.61 Å². The van der Waals surface area contributed by atoms with Crippen LogP contribution < -0.4 is 10.7 Å². The molecule has 0 bridgehead atoms. The van der Waals surface area contributed by atoms with Crippen LogP contribution in [0.1, 0.15) is 23.6 Å². The molecule has 0 saturated carbocycles. The average Bonchev–Trinajstić information content (AvgIpc) is 3.17. The van der Waals surface area contributed by atoms with Gasteiger partial charge in [-0.3, -0.25) is 5.43 Å². The van der Waals surface area contributed by atoms with Crippen molar-refractivity contribution in [3.63, 3.8) is 0 Å². The van der Waals surface area contributed by atoms with Crippen molar-refractivity contribution in [3.8, 4) is 0 Å². The highest BCUT2D eigenvalue weighted by Gasteiger charge is 2.12. The molecule has 0 aliphatic heterocycles. The van der Waals surface area contributed by atoms with Crippen LogP contribution in [-0.4, -0.2) is 26.5 Å². The molecule has 8 nitrogen and oxygen atoms in total. The van der Waals surface area contributed by atoms with Gasteiger partial charge >= 0.3 is 0 Å². The molecule has 4 rings (SSSR count). The first-order chi connectivity index (χ1) is 14.1. The summed E-state index contributed by atoms with van der Waals surface area (Å²) in [4.78, 5) is 8.83. The molecule has 9 heteroatoms. The van der Waals surface area contributed by atoms with Crippen molar-refractivity contribution < 1.29 is 4.63 Å². The van der Waals surface area contributed by atoms with Crippen molar-refractivity contribution in [3.05, 3.63) is 63.6 Å². The van der Waals surface area contributed by atoms with Crippen LogP contribution in [-0.2, 0) is 6.42 Å². The number of nitrogens with zero attached hydrogens (tertiary/aromatic N) is 5. The molecular formula is C20H18BrN7O. The number of anilines is 3. The quantitative estimate of drug-likeness (QED) is 0.319. The number of fused-ring (bicyclic) bond motifs is 1. The zero-order valence-electron chi connectivity index (χ0n) is 15.8. The Kier molecular flexibility index (Phi) is 5.48. The van der Waals surface area contributed by atoms with Crippen molar-refractivity contribution in [2.24, 2.45) is 5.10 Å². The Morgan fingerprint density at radius 2 is 1.76 bits per heavy atom. The van der Waals surface area contributed by atoms with Gasteiger partial charge in [-0.15, -0.1) is 0 Å². The van der Waals surface area contributed by atoms with E-state index in [1.165, 1.54) is 11.1 Å². The predicted octanol–water partition coefficient (Wildman–Crippen LogP) is 4.84. The molecule has 0 unspecified atom stereocenters. The molecule has 2 heterocycles. The van der Waals surface area contributed by atoms with Crippen LogP contribution in [0.3, 0.4) is 0 Å². The van der Waals surface area contributed by atoms with Crippen molar-refractivity contribution in [2.45, 2.75) is 20.3 Å². The summed E-state index contributed by atoms with van der Waals surface area (Å²) in [5.41, 5.74) is 7.77. The number of hydrogen-bond donors (Lipinski definition) is 2. The minimum absolute atomic E-state index is 0.298. The van der Waals surface area contributed by atoms with E-state index in [0.717, 1.165) is 22.1 Å². The third-order valence-corrected chi connectivity index (χ3v) is 5.01. The van der Waals surface area contributed by atoms with Crippen LogP contribution >= 0.6 is 15.9 Å². The lowest BCUT2D eigenvalue weighted by Gasteiger charge is -2.09. The largest absolute Gasteiger partial charge is 0.337 e. The summed E-state index contributed by atoms with van der Waals surface area (Å²) < 4.78 is 5.78. The monoisotopic (exact) mass is 451 g/mol. The second-order valence-electron chi connectivity index (χ2n) is 6.40. The smallest absolute Gasteiger partial charge is 0.245 e. The fourth-order valence-electron chi connectivity index (χ4n) is 2.68. The lowest BCUT2D eigenvalue weighted by atomic mass is 10.1. The minimum Gasteiger partial charge on any atom is -0.337 e. The van der Waals surface area contributed by atoms with Gasteiger partial charge in [-0.05, 0) is 53.0 Å². The van der Waals surface area contributed by atoms with E-state index in [2.05, 4.69) is 65.0 Å². The molecule has 146 valence electrons. The number of aryl methyl sites for hydroxylation is 2. The van der Waals surface area contributed by atoms with E-state index in [1.54, 1.807) is 6.21 Å². The summed E-state index contributed by atoms with van der Waals surface area (Å²) in [5, 5.41) is 15.0. The molecular weight excluding hydrogens is 434 g/mol. The maximum atomic E-state index is 4.73. The van der Waals surface area contributed by atoms with Gasteiger partial charge in [0.1, 0.15) is 0 Å². The average molecular weight is 452 g/mol. The predicted molar refractivity (Wildman–Crippen MR) is 117 cm³/mol. The van der Waals surface area contributed by atoms with Crippen LogP contribution in [0, 0.1) is 6.92 Å². The Bertz CT molecular complexity index is 1170. The summed E-state index contributed by atoms with van der Waals surface area (Å²) >= 11 is 3.58. The molecule has 0 atom stereocenters. The third-order valence-electron chi connectivity index (χ3n) is 4.27.